The Kier molecular flexibility index (Phi) is 4.26. The Morgan fingerprint density at radius 3 is 2.29 bits per heavy atom. The Hall–Kier alpha value is -2.66. The number of nitrogens with zero attached hydrogens (tertiary/aromatic N) is 2. The van der Waals surface area contributed by atoms with Crippen molar-refractivity contribution in [1.29, 1.82) is 0 Å². The first-order valence-corrected chi connectivity index (χ1v) is 11.7. The van der Waals surface area contributed by atoms with Crippen LogP contribution in [0.4, 0.5) is 5.69 Å². The zero-order valence-corrected chi connectivity index (χ0v) is 18.1. The number of benzene rings is 2. The van der Waals surface area contributed by atoms with Crippen molar-refractivity contribution in [2.24, 2.45) is 24.8 Å². The summed E-state index contributed by atoms with van der Waals surface area (Å²) in [6.45, 7) is 0.926. The number of rotatable bonds is 5. The molecule has 0 radical (unpaired) electrons. The van der Waals surface area contributed by atoms with Gasteiger partial charge in [-0.3, -0.25) is 10.1 Å². The molecule has 5 heteroatoms. The van der Waals surface area contributed by atoms with Crippen molar-refractivity contribution < 1.29 is 10.2 Å². The molecule has 2 N–H and O–H groups in total. The fourth-order valence-corrected chi connectivity index (χ4v) is 7.51. The second-order valence-electron chi connectivity index (χ2n) is 10.4. The van der Waals surface area contributed by atoms with E-state index in [-0.39, 0.29) is 10.6 Å². The average molecular weight is 417 g/mol. The van der Waals surface area contributed by atoms with E-state index in [1.54, 1.807) is 12.1 Å². The van der Waals surface area contributed by atoms with E-state index in [0.717, 1.165) is 46.3 Å². The molecule has 160 valence electrons. The van der Waals surface area contributed by atoms with Crippen LogP contribution in [0.25, 0.3) is 22.0 Å². The molecule has 4 saturated carbocycles. The topological polar surface area (TPSA) is 64.7 Å². The molecule has 4 aliphatic rings. The summed E-state index contributed by atoms with van der Waals surface area (Å²) in [5.41, 5.74) is 5.21. The lowest BCUT2D eigenvalue weighted by Crippen LogP contribution is -2.97. The predicted molar refractivity (Wildman–Crippen MR) is 122 cm³/mol. The van der Waals surface area contributed by atoms with Crippen LogP contribution in [0, 0.1) is 27.9 Å². The van der Waals surface area contributed by atoms with Crippen molar-refractivity contribution in [3.63, 3.8) is 0 Å². The van der Waals surface area contributed by atoms with Crippen LogP contribution in [0.1, 0.15) is 44.2 Å². The second-order valence-corrected chi connectivity index (χ2v) is 10.4. The summed E-state index contributed by atoms with van der Waals surface area (Å²) in [5.74, 6) is 2.81. The van der Waals surface area contributed by atoms with Crippen LogP contribution in [0.5, 0.6) is 0 Å². The van der Waals surface area contributed by atoms with Gasteiger partial charge in [0, 0.05) is 54.9 Å². The molecule has 1 heterocycles. The number of aryl methyl sites for hydroxylation is 1. The summed E-state index contributed by atoms with van der Waals surface area (Å²) in [5, 5.41) is 15.1. The smallest absolute Gasteiger partial charge is 0.270 e. The molecule has 0 atom stereocenters. The zero-order valence-electron chi connectivity index (χ0n) is 18.1. The normalized spacial score (nSPS) is 29.0. The van der Waals surface area contributed by atoms with E-state index < -0.39 is 0 Å². The van der Waals surface area contributed by atoms with Gasteiger partial charge in [-0.05, 0) is 48.6 Å². The zero-order chi connectivity index (χ0) is 21.2. The van der Waals surface area contributed by atoms with Crippen molar-refractivity contribution in [3.05, 3.63) is 64.3 Å². The highest BCUT2D eigenvalue weighted by atomic mass is 16.6. The molecule has 3 aromatic rings. The quantitative estimate of drug-likeness (QED) is 0.480. The molecule has 7 rings (SSSR count). The van der Waals surface area contributed by atoms with E-state index in [1.807, 2.05) is 12.1 Å². The van der Waals surface area contributed by atoms with Crippen LogP contribution in [0.2, 0.25) is 0 Å². The average Bonchev–Trinajstić information content (AvgIpc) is 3.03. The Balaban J connectivity index is 1.42. The summed E-state index contributed by atoms with van der Waals surface area (Å²) in [6, 6.07) is 15.7. The van der Waals surface area contributed by atoms with Gasteiger partial charge in [-0.25, -0.2) is 0 Å². The molecular formula is C26H30N3O2+. The molecule has 4 aliphatic carbocycles. The van der Waals surface area contributed by atoms with Crippen molar-refractivity contribution in [2.75, 3.05) is 0 Å². The number of fused-ring (bicyclic) bond motifs is 1. The Bertz CT molecular complexity index is 1130. The lowest BCUT2D eigenvalue weighted by molar-refractivity contribution is -0.753. The third-order valence-corrected chi connectivity index (χ3v) is 8.39. The number of aromatic nitrogens is 1. The van der Waals surface area contributed by atoms with Crippen LogP contribution in [0.15, 0.2) is 48.5 Å². The van der Waals surface area contributed by atoms with Crippen LogP contribution >= 0.6 is 0 Å². The molecule has 0 unspecified atom stereocenters. The summed E-state index contributed by atoms with van der Waals surface area (Å²) >= 11 is 0. The molecule has 0 aliphatic heterocycles. The number of nitro groups is 1. The van der Waals surface area contributed by atoms with E-state index >= 15 is 0 Å². The molecule has 0 saturated heterocycles. The number of nitro benzene ring substituents is 1. The van der Waals surface area contributed by atoms with Crippen molar-refractivity contribution in [1.82, 2.24) is 4.57 Å². The summed E-state index contributed by atoms with van der Waals surface area (Å²) in [7, 11) is 2.11. The van der Waals surface area contributed by atoms with Gasteiger partial charge in [0.25, 0.3) is 5.69 Å². The van der Waals surface area contributed by atoms with E-state index in [1.165, 1.54) is 44.2 Å². The van der Waals surface area contributed by atoms with E-state index in [0.29, 0.717) is 5.54 Å². The van der Waals surface area contributed by atoms with Gasteiger partial charge in [0.1, 0.15) is 6.54 Å². The minimum absolute atomic E-state index is 0.159. The molecule has 5 nitrogen and oxygen atoms in total. The SMILES string of the molecule is Cn1c(C[NH2+]C23CC4CC(CC(C4)C2)C3)c(-c2ccccc2)c2cc([N+](=O)[O-])ccc21. The maximum atomic E-state index is 11.5. The Morgan fingerprint density at radius 2 is 1.68 bits per heavy atom. The summed E-state index contributed by atoms with van der Waals surface area (Å²) in [6.07, 6.45) is 8.49. The highest BCUT2D eigenvalue weighted by Crippen LogP contribution is 2.54. The van der Waals surface area contributed by atoms with Crippen LogP contribution in [0.3, 0.4) is 0 Å². The lowest BCUT2D eigenvalue weighted by atomic mass is 9.53. The molecule has 1 aromatic heterocycles. The van der Waals surface area contributed by atoms with E-state index in [9.17, 15) is 10.1 Å². The van der Waals surface area contributed by atoms with Crippen molar-refractivity contribution in [2.45, 2.75) is 50.6 Å². The maximum Gasteiger partial charge on any atom is 0.270 e. The van der Waals surface area contributed by atoms with Gasteiger partial charge < -0.3 is 9.88 Å². The number of hydrogen-bond acceptors (Lipinski definition) is 2. The molecule has 4 bridgehead atoms. The van der Waals surface area contributed by atoms with Gasteiger partial charge in [0.05, 0.1) is 16.2 Å². The maximum absolute atomic E-state index is 11.5. The number of nitrogens with two attached hydrogens (primary N) is 1. The standard InChI is InChI=1S/C26H29N3O2/c1-28-23-8-7-21(29(30)31)12-22(23)25(20-5-3-2-4-6-20)24(28)16-27-26-13-17-9-18(14-26)11-19(10-17)15-26/h2-8,12,17-19,27H,9-11,13-16H2,1H3/p+1. The summed E-state index contributed by atoms with van der Waals surface area (Å²) < 4.78 is 2.26. The molecule has 2 aromatic carbocycles. The van der Waals surface area contributed by atoms with Gasteiger partial charge >= 0.3 is 0 Å². The van der Waals surface area contributed by atoms with Crippen LogP contribution in [-0.4, -0.2) is 15.0 Å². The third kappa shape index (κ3) is 3.09. The van der Waals surface area contributed by atoms with Crippen molar-refractivity contribution >= 4 is 16.6 Å². The molecule has 0 spiro atoms. The lowest BCUT2D eigenvalue weighted by Gasteiger charge is -2.54. The largest absolute Gasteiger partial charge is 0.342 e. The van der Waals surface area contributed by atoms with Gasteiger partial charge in [-0.15, -0.1) is 0 Å². The predicted octanol–water partition coefficient (Wildman–Crippen LogP) is 4.79. The van der Waals surface area contributed by atoms with Crippen molar-refractivity contribution in [3.8, 4) is 11.1 Å². The van der Waals surface area contributed by atoms with E-state index in [4.69, 9.17) is 0 Å². The number of non-ortho nitro benzene ring substituents is 1. The third-order valence-electron chi connectivity index (χ3n) is 8.39. The Labute approximate surface area is 182 Å². The van der Waals surface area contributed by atoms with Gasteiger partial charge in [0.2, 0.25) is 0 Å². The molecule has 31 heavy (non-hydrogen) atoms. The molecular weight excluding hydrogens is 386 g/mol. The van der Waals surface area contributed by atoms with Crippen LogP contribution < -0.4 is 5.32 Å². The fourth-order valence-electron chi connectivity index (χ4n) is 7.51. The minimum atomic E-state index is -0.289. The van der Waals surface area contributed by atoms with Gasteiger partial charge in [0.15, 0.2) is 0 Å². The Morgan fingerprint density at radius 1 is 1.03 bits per heavy atom. The van der Waals surface area contributed by atoms with Gasteiger partial charge in [-0.1, -0.05) is 30.3 Å². The first-order valence-electron chi connectivity index (χ1n) is 11.7. The first kappa shape index (κ1) is 19.1. The highest BCUT2D eigenvalue weighted by Gasteiger charge is 2.53. The molecule has 0 amide bonds. The van der Waals surface area contributed by atoms with Crippen LogP contribution in [-0.2, 0) is 13.6 Å². The summed E-state index contributed by atoms with van der Waals surface area (Å²) in [4.78, 5) is 11.2. The fraction of sp³-hybridized carbons (Fsp3) is 0.462. The monoisotopic (exact) mass is 416 g/mol. The minimum Gasteiger partial charge on any atom is -0.342 e. The molecule has 4 fully saturated rings. The number of hydrogen-bond donors (Lipinski definition) is 1. The highest BCUT2D eigenvalue weighted by molar-refractivity contribution is 5.99. The number of quaternary nitrogens is 1. The van der Waals surface area contributed by atoms with E-state index in [2.05, 4.69) is 41.2 Å². The first-order chi connectivity index (χ1) is 15.0. The second kappa shape index (κ2) is 6.92. The van der Waals surface area contributed by atoms with Gasteiger partial charge in [-0.2, -0.15) is 0 Å².